The molecule has 8 heteroatoms. The molecule has 0 bridgehead atoms. The Hall–Kier alpha value is -3.23. The van der Waals surface area contributed by atoms with Crippen LogP contribution in [0.15, 0.2) is 54.7 Å². The average Bonchev–Trinajstić information content (AvgIpc) is 3.29. The van der Waals surface area contributed by atoms with E-state index in [2.05, 4.69) is 47.2 Å². The van der Waals surface area contributed by atoms with Crippen LogP contribution in [0.1, 0.15) is 51.5 Å². The van der Waals surface area contributed by atoms with Crippen molar-refractivity contribution in [2.75, 3.05) is 27.2 Å². The highest BCUT2D eigenvalue weighted by Crippen LogP contribution is 2.41. The molecule has 0 saturated carbocycles. The van der Waals surface area contributed by atoms with Crippen LogP contribution in [0.4, 0.5) is 0 Å². The zero-order valence-electron chi connectivity index (χ0n) is 20.0. The van der Waals surface area contributed by atoms with Crippen molar-refractivity contribution in [3.63, 3.8) is 0 Å². The van der Waals surface area contributed by atoms with E-state index in [0.29, 0.717) is 5.69 Å². The summed E-state index contributed by atoms with van der Waals surface area (Å²) < 4.78 is 2.04. The van der Waals surface area contributed by atoms with Crippen LogP contribution in [0.25, 0.3) is 5.69 Å². The van der Waals surface area contributed by atoms with Crippen molar-refractivity contribution in [1.82, 2.24) is 24.7 Å². The molecule has 2 atom stereocenters. The van der Waals surface area contributed by atoms with Crippen molar-refractivity contribution in [2.45, 2.75) is 32.4 Å². The van der Waals surface area contributed by atoms with Gasteiger partial charge in [-0.2, -0.15) is 0 Å². The maximum absolute atomic E-state index is 11.9. The minimum absolute atomic E-state index is 0.0542. The van der Waals surface area contributed by atoms with Gasteiger partial charge in [0.25, 0.3) is 0 Å². The number of hydrogen-bond donors (Lipinski definition) is 2. The van der Waals surface area contributed by atoms with Crippen LogP contribution >= 0.6 is 12.2 Å². The molecule has 2 N–H and O–H groups in total. The number of carbonyl (C=O) groups is 1. The third kappa shape index (κ3) is 4.56. The summed E-state index contributed by atoms with van der Waals surface area (Å²) in [5.74, 6) is -0.940. The molecule has 0 spiro atoms. The van der Waals surface area contributed by atoms with Gasteiger partial charge in [-0.15, -0.1) is 0 Å². The highest BCUT2D eigenvalue weighted by molar-refractivity contribution is 7.80. The van der Waals surface area contributed by atoms with E-state index in [4.69, 9.17) is 12.2 Å². The fourth-order valence-corrected chi connectivity index (χ4v) is 5.18. The van der Waals surface area contributed by atoms with E-state index in [-0.39, 0.29) is 17.6 Å². The number of aryl methyl sites for hydroxylation is 1. The number of pyridine rings is 1. The maximum atomic E-state index is 11.9. The fourth-order valence-electron chi connectivity index (χ4n) is 4.85. The van der Waals surface area contributed by atoms with Gasteiger partial charge in [0, 0.05) is 24.1 Å². The van der Waals surface area contributed by atoms with Crippen molar-refractivity contribution in [2.24, 2.45) is 0 Å². The van der Waals surface area contributed by atoms with E-state index in [9.17, 15) is 9.90 Å². The summed E-state index contributed by atoms with van der Waals surface area (Å²) in [6, 6.07) is 15.1. The molecule has 178 valence electrons. The van der Waals surface area contributed by atoms with Gasteiger partial charge in [-0.05, 0) is 89.0 Å². The third-order valence-electron chi connectivity index (χ3n) is 6.37. The Morgan fingerprint density at radius 2 is 1.91 bits per heavy atom. The number of nitrogens with one attached hydrogen (secondary N) is 1. The van der Waals surface area contributed by atoms with Gasteiger partial charge in [0.15, 0.2) is 5.11 Å². The second-order valence-electron chi connectivity index (χ2n) is 8.96. The molecule has 4 rings (SSSR count). The van der Waals surface area contributed by atoms with Gasteiger partial charge in [0.2, 0.25) is 0 Å². The van der Waals surface area contributed by atoms with Crippen molar-refractivity contribution in [3.8, 4) is 5.69 Å². The molecule has 1 aliphatic heterocycles. The molecular weight excluding hydrogens is 446 g/mol. The topological polar surface area (TPSA) is 73.6 Å². The molecule has 7 nitrogen and oxygen atoms in total. The number of aromatic nitrogens is 2. The van der Waals surface area contributed by atoms with Crippen LogP contribution in [0, 0.1) is 13.8 Å². The van der Waals surface area contributed by atoms with Crippen molar-refractivity contribution < 1.29 is 9.90 Å². The van der Waals surface area contributed by atoms with E-state index >= 15 is 0 Å². The highest BCUT2D eigenvalue weighted by atomic mass is 32.1. The minimum atomic E-state index is -0.940. The number of thiocarbonyl (C=S) groups is 1. The lowest BCUT2D eigenvalue weighted by molar-refractivity contribution is 0.0697. The van der Waals surface area contributed by atoms with Crippen LogP contribution in [0.3, 0.4) is 0 Å². The number of nitrogens with zero attached hydrogens (tertiary/aromatic N) is 4. The zero-order valence-corrected chi connectivity index (χ0v) is 20.8. The van der Waals surface area contributed by atoms with Gasteiger partial charge in [-0.1, -0.05) is 18.2 Å². The Bertz CT molecular complexity index is 1190. The molecule has 1 saturated heterocycles. The largest absolute Gasteiger partial charge is 0.478 e. The van der Waals surface area contributed by atoms with E-state index < -0.39 is 5.97 Å². The Balaban J connectivity index is 1.81. The lowest BCUT2D eigenvalue weighted by Crippen LogP contribution is -2.32. The van der Waals surface area contributed by atoms with Gasteiger partial charge >= 0.3 is 5.97 Å². The number of benzene rings is 1. The van der Waals surface area contributed by atoms with E-state index in [1.807, 2.05) is 41.8 Å². The first kappa shape index (κ1) is 23.9. The Kier molecular flexibility index (Phi) is 7.00. The molecule has 0 aliphatic carbocycles. The van der Waals surface area contributed by atoms with Gasteiger partial charge in [-0.3, -0.25) is 4.98 Å². The Morgan fingerprint density at radius 3 is 2.59 bits per heavy atom. The number of para-hydroxylation sites is 1. The monoisotopic (exact) mass is 477 g/mol. The van der Waals surface area contributed by atoms with Crippen molar-refractivity contribution in [3.05, 3.63) is 82.9 Å². The first-order valence-corrected chi connectivity index (χ1v) is 11.8. The van der Waals surface area contributed by atoms with E-state index in [1.165, 1.54) is 0 Å². The van der Waals surface area contributed by atoms with Crippen molar-refractivity contribution in [1.29, 1.82) is 0 Å². The summed E-state index contributed by atoms with van der Waals surface area (Å²) in [6.07, 6.45) is 2.78. The number of carboxylic acids is 1. The molecule has 3 heterocycles. The van der Waals surface area contributed by atoms with Crippen LogP contribution in [0.2, 0.25) is 0 Å². The predicted octanol–water partition coefficient (Wildman–Crippen LogP) is 4.11. The van der Waals surface area contributed by atoms with Crippen LogP contribution in [0.5, 0.6) is 0 Å². The molecule has 3 aromatic rings. The second kappa shape index (κ2) is 9.95. The minimum Gasteiger partial charge on any atom is -0.478 e. The van der Waals surface area contributed by atoms with E-state index in [0.717, 1.165) is 47.3 Å². The molecular formula is C26H31N5O2S. The normalized spacial score (nSPS) is 17.9. The molecule has 2 aromatic heterocycles. The summed E-state index contributed by atoms with van der Waals surface area (Å²) in [7, 11) is 4.14. The van der Waals surface area contributed by atoms with Gasteiger partial charge in [0.05, 0.1) is 29.0 Å². The Labute approximate surface area is 206 Å². The Morgan fingerprint density at radius 1 is 1.18 bits per heavy atom. The van der Waals surface area contributed by atoms with Gasteiger partial charge in [-0.25, -0.2) is 4.79 Å². The first-order chi connectivity index (χ1) is 16.3. The smallest absolute Gasteiger partial charge is 0.337 e. The van der Waals surface area contributed by atoms with Gasteiger partial charge < -0.3 is 24.8 Å². The highest BCUT2D eigenvalue weighted by Gasteiger charge is 2.41. The molecule has 0 radical (unpaired) electrons. The third-order valence-corrected chi connectivity index (χ3v) is 6.72. The summed E-state index contributed by atoms with van der Waals surface area (Å²) in [5.41, 5.74) is 4.97. The number of aromatic carboxylic acids is 1. The molecule has 0 amide bonds. The van der Waals surface area contributed by atoms with Crippen LogP contribution < -0.4 is 5.32 Å². The molecule has 34 heavy (non-hydrogen) atoms. The summed E-state index contributed by atoms with van der Waals surface area (Å²) >= 11 is 5.79. The second-order valence-corrected chi connectivity index (χ2v) is 9.35. The lowest BCUT2D eigenvalue weighted by atomic mass is 9.96. The number of hydrogen-bond acceptors (Lipinski definition) is 4. The lowest BCUT2D eigenvalue weighted by Gasteiger charge is -2.28. The van der Waals surface area contributed by atoms with E-state index in [1.54, 1.807) is 18.3 Å². The van der Waals surface area contributed by atoms with Crippen LogP contribution in [-0.2, 0) is 0 Å². The standard InChI is InChI=1S/C26H31N5O2S/c1-17-16-20(18(2)31(17)22-12-6-5-10-19(22)25(32)33)24-23(21-11-7-8-13-27-21)28-26(34)30(24)15-9-14-29(3)4/h5-8,10-13,16,23-24H,9,14-15H2,1-4H3,(H,28,34)(H,32,33). The molecule has 1 aromatic carbocycles. The quantitative estimate of drug-likeness (QED) is 0.473. The SMILES string of the molecule is Cc1cc(C2C(c3ccccn3)NC(=S)N2CCCN(C)C)c(C)n1-c1ccccc1C(=O)O. The predicted molar refractivity (Wildman–Crippen MR) is 138 cm³/mol. The maximum Gasteiger partial charge on any atom is 0.337 e. The average molecular weight is 478 g/mol. The molecule has 2 unspecified atom stereocenters. The summed E-state index contributed by atoms with van der Waals surface area (Å²) in [5, 5.41) is 14.0. The molecule has 1 fully saturated rings. The van der Waals surface area contributed by atoms with Crippen LogP contribution in [-0.4, -0.2) is 62.7 Å². The van der Waals surface area contributed by atoms with Crippen molar-refractivity contribution >= 4 is 23.3 Å². The summed E-state index contributed by atoms with van der Waals surface area (Å²) in [4.78, 5) is 21.0. The fraction of sp³-hybridized carbons (Fsp3) is 0.346. The number of rotatable bonds is 8. The molecule has 1 aliphatic rings. The number of carboxylic acid groups (broad SMARTS) is 1. The summed E-state index contributed by atoms with van der Waals surface area (Å²) in [6.45, 7) is 5.84. The first-order valence-electron chi connectivity index (χ1n) is 11.4. The van der Waals surface area contributed by atoms with Gasteiger partial charge in [0.1, 0.15) is 0 Å². The zero-order chi connectivity index (χ0) is 24.4.